The van der Waals surface area contributed by atoms with Gasteiger partial charge in [0.25, 0.3) is 0 Å². The molecule has 0 aliphatic carbocycles. The van der Waals surface area contributed by atoms with Gasteiger partial charge in [-0.25, -0.2) is 0 Å². The van der Waals surface area contributed by atoms with Crippen LogP contribution in [0.1, 0.15) is 6.42 Å². The number of carbonyl (C=O) groups is 2. The van der Waals surface area contributed by atoms with Crippen LogP contribution in [0.3, 0.4) is 0 Å². The number of nitrogens with zero attached hydrogens (tertiary/aromatic N) is 1. The fourth-order valence-corrected chi connectivity index (χ4v) is 2.15. The summed E-state index contributed by atoms with van der Waals surface area (Å²) >= 11 is -0.299. The average molecular weight is 299 g/mol. The number of rotatable bonds is 5. The Morgan fingerprint density at radius 1 is 1.62 bits per heavy atom. The first-order valence-electron chi connectivity index (χ1n) is 3.89. The van der Waals surface area contributed by atoms with Crippen LogP contribution in [-0.2, 0) is 9.59 Å². The summed E-state index contributed by atoms with van der Waals surface area (Å²) in [5, 5.41) is 8.74. The molecule has 1 aliphatic rings. The molecule has 1 aliphatic heterocycles. The topological polar surface area (TPSA) is 69.4 Å². The number of alkyl halides is 1. The Labute approximate surface area is 87.1 Å². The van der Waals surface area contributed by atoms with Crippen molar-refractivity contribution in [3.63, 3.8) is 0 Å². The number of aliphatic carboxylic acids is 1. The Bertz CT molecular complexity index is 218. The van der Waals surface area contributed by atoms with Crippen LogP contribution < -0.4 is 25.0 Å². The minimum atomic E-state index is -0.934. The maximum absolute atomic E-state index is 11.2. The molecule has 1 heterocycles. The molecule has 0 aromatic rings. The molecular formula is C7H12IN2O3-. The molecule has 1 saturated heterocycles. The van der Waals surface area contributed by atoms with E-state index in [2.05, 4.69) is 3.53 Å². The van der Waals surface area contributed by atoms with Gasteiger partial charge >= 0.3 is 87.0 Å². The molecule has 1 amide bonds. The number of amides is 1. The molecule has 76 valence electrons. The maximum atomic E-state index is 11.2. The van der Waals surface area contributed by atoms with Crippen molar-refractivity contribution in [2.24, 2.45) is 0 Å². The number of carbonyl (C=O) groups excluding carboxylic acids is 1. The molecule has 0 radical (unpaired) electrons. The summed E-state index contributed by atoms with van der Waals surface area (Å²) in [6, 6.07) is -0.689. The van der Waals surface area contributed by atoms with E-state index >= 15 is 0 Å². The van der Waals surface area contributed by atoms with E-state index in [0.29, 0.717) is 0 Å². The first-order valence-corrected chi connectivity index (χ1v) is 7.13. The van der Waals surface area contributed by atoms with Gasteiger partial charge in [0.05, 0.1) is 0 Å². The van der Waals surface area contributed by atoms with Crippen LogP contribution in [-0.4, -0.2) is 45.9 Å². The van der Waals surface area contributed by atoms with E-state index in [1.807, 2.05) is 4.93 Å². The SMILES string of the molecule is C[I-]NC(CC(=O)N1CC1)C(=O)O. The molecule has 5 nitrogen and oxygen atoms in total. The molecule has 1 rings (SSSR count). The van der Waals surface area contributed by atoms with Crippen LogP contribution in [0.2, 0.25) is 0 Å². The van der Waals surface area contributed by atoms with Gasteiger partial charge in [0.15, 0.2) is 0 Å². The first kappa shape index (κ1) is 10.7. The summed E-state index contributed by atoms with van der Waals surface area (Å²) < 4.78 is 2.86. The van der Waals surface area contributed by atoms with Gasteiger partial charge in [0.1, 0.15) is 0 Å². The molecular weight excluding hydrogens is 287 g/mol. The average Bonchev–Trinajstić information content (AvgIpc) is 2.85. The summed E-state index contributed by atoms with van der Waals surface area (Å²) in [5.41, 5.74) is 0. The van der Waals surface area contributed by atoms with Crippen LogP contribution in [0.5, 0.6) is 0 Å². The molecule has 1 fully saturated rings. The number of nitrogens with one attached hydrogen (secondary N) is 1. The number of carboxylic acid groups (broad SMARTS) is 1. The van der Waals surface area contributed by atoms with Crippen molar-refractivity contribution in [2.45, 2.75) is 12.5 Å². The number of hydrogen-bond acceptors (Lipinski definition) is 3. The summed E-state index contributed by atoms with van der Waals surface area (Å²) in [5.74, 6) is -0.992. The Balaban J connectivity index is 2.36. The van der Waals surface area contributed by atoms with Crippen molar-refractivity contribution in [2.75, 3.05) is 18.0 Å². The molecule has 2 N–H and O–H groups in total. The predicted octanol–water partition coefficient (Wildman–Crippen LogP) is -4.10. The van der Waals surface area contributed by atoms with Crippen LogP contribution in [0.4, 0.5) is 0 Å². The third-order valence-corrected chi connectivity index (χ3v) is 3.09. The Morgan fingerprint density at radius 2 is 2.23 bits per heavy atom. The van der Waals surface area contributed by atoms with E-state index in [-0.39, 0.29) is 33.8 Å². The van der Waals surface area contributed by atoms with E-state index in [1.165, 1.54) is 0 Å². The zero-order valence-corrected chi connectivity index (χ0v) is 9.45. The molecule has 6 heteroatoms. The zero-order chi connectivity index (χ0) is 9.84. The van der Waals surface area contributed by atoms with Gasteiger partial charge in [-0.3, -0.25) is 0 Å². The van der Waals surface area contributed by atoms with Crippen molar-refractivity contribution in [1.29, 1.82) is 0 Å². The van der Waals surface area contributed by atoms with Gasteiger partial charge in [-0.2, -0.15) is 0 Å². The van der Waals surface area contributed by atoms with Crippen molar-refractivity contribution in [3.8, 4) is 0 Å². The third-order valence-electron chi connectivity index (χ3n) is 1.72. The summed E-state index contributed by atoms with van der Waals surface area (Å²) in [6.07, 6.45) is 0.0862. The third kappa shape index (κ3) is 3.47. The van der Waals surface area contributed by atoms with Gasteiger partial charge in [0, 0.05) is 0 Å². The summed E-state index contributed by atoms with van der Waals surface area (Å²) in [7, 11) is 0. The van der Waals surface area contributed by atoms with Gasteiger partial charge < -0.3 is 0 Å². The Kier molecular flexibility index (Phi) is 3.91. The number of hydrogen-bond donors (Lipinski definition) is 2. The van der Waals surface area contributed by atoms with Gasteiger partial charge in [-0.15, -0.1) is 0 Å². The molecule has 1 atom stereocenters. The second-order valence-electron chi connectivity index (χ2n) is 2.77. The number of carboxylic acids is 1. The predicted molar refractivity (Wildman–Crippen MR) is 41.7 cm³/mol. The molecule has 13 heavy (non-hydrogen) atoms. The molecule has 0 bridgehead atoms. The fraction of sp³-hybridized carbons (Fsp3) is 0.714. The molecule has 1 unspecified atom stereocenters. The second-order valence-corrected chi connectivity index (χ2v) is 4.48. The van der Waals surface area contributed by atoms with E-state index in [1.54, 1.807) is 4.90 Å². The van der Waals surface area contributed by atoms with E-state index < -0.39 is 12.0 Å². The van der Waals surface area contributed by atoms with Crippen LogP contribution in [0.25, 0.3) is 0 Å². The van der Waals surface area contributed by atoms with Crippen molar-refractivity contribution >= 4 is 11.9 Å². The van der Waals surface area contributed by atoms with Gasteiger partial charge in [-0.1, -0.05) is 0 Å². The quantitative estimate of drug-likeness (QED) is 0.234. The summed E-state index contributed by atoms with van der Waals surface area (Å²) in [4.78, 5) is 25.5. The minimum absolute atomic E-state index is 0.0580. The van der Waals surface area contributed by atoms with Crippen LogP contribution >= 0.6 is 0 Å². The van der Waals surface area contributed by atoms with Crippen molar-refractivity contribution in [1.82, 2.24) is 8.43 Å². The van der Waals surface area contributed by atoms with Crippen LogP contribution in [0.15, 0.2) is 0 Å². The van der Waals surface area contributed by atoms with Crippen molar-refractivity contribution < 1.29 is 36.2 Å². The Hall–Kier alpha value is -0.370. The number of halogens is 1. The summed E-state index contributed by atoms with van der Waals surface area (Å²) in [6.45, 7) is 1.57. The second kappa shape index (κ2) is 4.75. The first-order chi connectivity index (χ1) is 6.15. The molecule has 0 spiro atoms. The van der Waals surface area contributed by atoms with Gasteiger partial charge in [-0.05, 0) is 0 Å². The molecule has 0 saturated carbocycles. The molecule has 0 aromatic carbocycles. The van der Waals surface area contributed by atoms with E-state index in [4.69, 9.17) is 5.11 Å². The standard InChI is InChI=1S/C7H12IN2O3/c1-8-9-5(7(12)13)4-6(11)10-2-3-10/h5,9H,2-4H2,1H3,(H,12,13)/q-1. The van der Waals surface area contributed by atoms with E-state index in [0.717, 1.165) is 13.1 Å². The van der Waals surface area contributed by atoms with Crippen molar-refractivity contribution in [3.05, 3.63) is 0 Å². The normalized spacial score (nSPS) is 17.2. The monoisotopic (exact) mass is 299 g/mol. The van der Waals surface area contributed by atoms with Crippen LogP contribution in [0, 0.1) is 0 Å². The zero-order valence-electron chi connectivity index (χ0n) is 7.29. The van der Waals surface area contributed by atoms with Gasteiger partial charge in [0.2, 0.25) is 0 Å². The van der Waals surface area contributed by atoms with E-state index in [9.17, 15) is 9.59 Å². The Morgan fingerprint density at radius 3 is 2.62 bits per heavy atom. The molecule has 0 aromatic heterocycles. The fourth-order valence-electron chi connectivity index (χ4n) is 0.907.